The highest BCUT2D eigenvalue weighted by Gasteiger charge is 2.28. The zero-order valence-corrected chi connectivity index (χ0v) is 21.4. The maximum Gasteiger partial charge on any atom is 0.265 e. The van der Waals surface area contributed by atoms with E-state index >= 15 is 0 Å². The molecule has 4 N–H and O–H groups in total. The number of carbonyl (C=O) groups is 1. The van der Waals surface area contributed by atoms with Gasteiger partial charge in [0, 0.05) is 36.6 Å². The van der Waals surface area contributed by atoms with Crippen molar-refractivity contribution in [2.75, 3.05) is 29.6 Å². The summed E-state index contributed by atoms with van der Waals surface area (Å²) in [6, 6.07) is 13.3. The third-order valence-electron chi connectivity index (χ3n) is 6.45. The Morgan fingerprint density at radius 2 is 2.06 bits per heavy atom. The molecule has 8 heteroatoms. The normalized spacial score (nSPS) is 16.9. The van der Waals surface area contributed by atoms with Crippen LogP contribution in [0.15, 0.2) is 48.7 Å². The van der Waals surface area contributed by atoms with Gasteiger partial charge >= 0.3 is 0 Å². The number of anilines is 3. The minimum Gasteiger partial charge on any atom is -0.481 e. The number of methoxy groups -OCH3 is 1. The maximum absolute atomic E-state index is 13.3. The first-order valence-electron chi connectivity index (χ1n) is 12.4. The van der Waals surface area contributed by atoms with Gasteiger partial charge in [-0.25, -0.2) is 4.98 Å². The van der Waals surface area contributed by atoms with Crippen LogP contribution >= 0.6 is 0 Å². The molecular formula is C28H35N5O3. The summed E-state index contributed by atoms with van der Waals surface area (Å²) >= 11 is 0. The summed E-state index contributed by atoms with van der Waals surface area (Å²) in [4.78, 5) is 19.5. The number of aromatic nitrogens is 1. The van der Waals surface area contributed by atoms with E-state index in [1.54, 1.807) is 13.3 Å². The van der Waals surface area contributed by atoms with E-state index in [0.717, 1.165) is 41.4 Å². The smallest absolute Gasteiger partial charge is 0.265 e. The average Bonchev–Trinajstić information content (AvgIpc) is 2.84. The zero-order chi connectivity index (χ0) is 25.8. The number of carbonyl (C=O) groups excluding carboxylic acids is 1. The minimum atomic E-state index is -0.666. The molecule has 0 aliphatic carbocycles. The first-order chi connectivity index (χ1) is 17.3. The summed E-state index contributed by atoms with van der Waals surface area (Å²) in [5.74, 6) is 1.06. The Kier molecular flexibility index (Phi) is 7.74. The van der Waals surface area contributed by atoms with E-state index in [0.29, 0.717) is 29.4 Å². The molecule has 3 aromatic rings. The summed E-state index contributed by atoms with van der Waals surface area (Å²) in [6.45, 7) is 6.95. The molecule has 1 aliphatic heterocycles. The molecule has 0 radical (unpaired) electrons. The van der Waals surface area contributed by atoms with Gasteiger partial charge in [-0.15, -0.1) is 0 Å². The fourth-order valence-corrected chi connectivity index (χ4v) is 4.71. The van der Waals surface area contributed by atoms with Crippen LogP contribution in [-0.4, -0.2) is 42.6 Å². The van der Waals surface area contributed by atoms with Gasteiger partial charge in [0.15, 0.2) is 12.3 Å². The number of nitrogen functional groups attached to an aromatic ring is 1. The number of pyridine rings is 1. The summed E-state index contributed by atoms with van der Waals surface area (Å²) in [5, 5.41) is 13.0. The molecule has 1 aromatic heterocycles. The Labute approximate surface area is 212 Å². The number of piperidine rings is 1. The van der Waals surface area contributed by atoms with Crippen LogP contribution in [-0.2, 0) is 9.53 Å². The first kappa shape index (κ1) is 25.4. The molecule has 190 valence electrons. The molecule has 1 fully saturated rings. The highest BCUT2D eigenvalue weighted by atomic mass is 16.5. The molecular weight excluding hydrogens is 454 g/mol. The number of aryl methyl sites for hydroxylation is 1. The summed E-state index contributed by atoms with van der Waals surface area (Å²) in [5.41, 5.74) is 9.32. The summed E-state index contributed by atoms with van der Waals surface area (Å²) in [6.07, 6.45) is 2.88. The lowest BCUT2D eigenvalue weighted by molar-refractivity contribution is -0.123. The molecule has 0 bridgehead atoms. The van der Waals surface area contributed by atoms with Gasteiger partial charge in [0.1, 0.15) is 11.6 Å². The molecule has 1 saturated heterocycles. The second-order valence-electron chi connectivity index (χ2n) is 9.72. The highest BCUT2D eigenvalue weighted by Crippen LogP contribution is 2.30. The molecule has 2 unspecified atom stereocenters. The van der Waals surface area contributed by atoms with Crippen LogP contribution < -0.4 is 20.7 Å². The number of hydrogen-bond acceptors (Lipinski definition) is 7. The lowest BCUT2D eigenvalue weighted by Gasteiger charge is -2.37. The van der Waals surface area contributed by atoms with Gasteiger partial charge in [-0.05, 0) is 79.5 Å². The van der Waals surface area contributed by atoms with Crippen molar-refractivity contribution in [2.24, 2.45) is 5.92 Å². The number of hydrogen-bond donors (Lipinski definition) is 3. The van der Waals surface area contributed by atoms with Crippen molar-refractivity contribution in [2.45, 2.75) is 52.4 Å². The fraction of sp³-hybridized carbons (Fsp3) is 0.393. The highest BCUT2D eigenvalue weighted by molar-refractivity contribution is 5.95. The van der Waals surface area contributed by atoms with Crippen molar-refractivity contribution in [3.05, 3.63) is 54.2 Å². The van der Waals surface area contributed by atoms with Gasteiger partial charge in [-0.1, -0.05) is 19.9 Å². The van der Waals surface area contributed by atoms with Gasteiger partial charge in [-0.3, -0.25) is 4.79 Å². The van der Waals surface area contributed by atoms with Crippen molar-refractivity contribution in [3.8, 4) is 5.75 Å². The molecule has 1 amide bonds. The van der Waals surface area contributed by atoms with Crippen molar-refractivity contribution in [3.63, 3.8) is 0 Å². The number of nitrogens with zero attached hydrogens (tertiary/aromatic N) is 2. The number of rotatable bonds is 8. The second-order valence-corrected chi connectivity index (χ2v) is 9.72. The predicted octanol–water partition coefficient (Wildman–Crippen LogP) is 5.15. The number of nitrogens with one attached hydrogen (secondary N) is 2. The van der Waals surface area contributed by atoms with Gasteiger partial charge < -0.3 is 30.8 Å². The third-order valence-corrected chi connectivity index (χ3v) is 6.45. The lowest BCUT2D eigenvalue weighted by atomic mass is 10.0. The van der Waals surface area contributed by atoms with Crippen molar-refractivity contribution in [1.29, 1.82) is 5.41 Å². The van der Waals surface area contributed by atoms with Crippen LogP contribution in [0.5, 0.6) is 5.75 Å². The predicted molar refractivity (Wildman–Crippen MR) is 145 cm³/mol. The Morgan fingerprint density at radius 1 is 1.25 bits per heavy atom. The number of fused-ring (bicyclic) bond motifs is 1. The van der Waals surface area contributed by atoms with Crippen LogP contribution in [0, 0.1) is 18.3 Å². The molecule has 2 heterocycles. The minimum absolute atomic E-state index is 0.204. The van der Waals surface area contributed by atoms with Crippen LogP contribution in [0.2, 0.25) is 0 Å². The first-order valence-corrected chi connectivity index (χ1v) is 12.4. The number of benzene rings is 2. The third kappa shape index (κ3) is 5.60. The van der Waals surface area contributed by atoms with Gasteiger partial charge in [-0.2, -0.15) is 0 Å². The van der Waals surface area contributed by atoms with Crippen molar-refractivity contribution < 1.29 is 14.3 Å². The quantitative estimate of drug-likeness (QED) is 0.403. The number of nitrogens with two attached hydrogens (primary N) is 1. The van der Waals surface area contributed by atoms with E-state index in [1.807, 2.05) is 49.4 Å². The van der Waals surface area contributed by atoms with Gasteiger partial charge in [0.2, 0.25) is 0 Å². The van der Waals surface area contributed by atoms with Crippen LogP contribution in [0.1, 0.15) is 38.7 Å². The van der Waals surface area contributed by atoms with E-state index in [-0.39, 0.29) is 18.1 Å². The zero-order valence-electron chi connectivity index (χ0n) is 21.4. The Morgan fingerprint density at radius 3 is 2.78 bits per heavy atom. The molecule has 0 spiro atoms. The second kappa shape index (κ2) is 11.0. The van der Waals surface area contributed by atoms with Crippen molar-refractivity contribution >= 4 is 39.6 Å². The van der Waals surface area contributed by atoms with Crippen LogP contribution in [0.25, 0.3) is 10.8 Å². The SMILES string of the molecule is COC1C(=N)CCCN1c1ccc(NC(=O)C(CC(C)C)Oc2ccc3ccnc(N)c3c2)cc1C. The summed E-state index contributed by atoms with van der Waals surface area (Å²) in [7, 11) is 1.64. The topological polar surface area (TPSA) is 114 Å². The Bertz CT molecular complexity index is 1260. The van der Waals surface area contributed by atoms with E-state index in [4.69, 9.17) is 20.6 Å². The largest absolute Gasteiger partial charge is 0.481 e. The van der Waals surface area contributed by atoms with E-state index in [1.165, 1.54) is 0 Å². The number of ether oxygens (including phenoxy) is 2. The number of amides is 1. The van der Waals surface area contributed by atoms with E-state index < -0.39 is 6.10 Å². The molecule has 2 atom stereocenters. The van der Waals surface area contributed by atoms with Crippen LogP contribution in [0.4, 0.5) is 17.2 Å². The average molecular weight is 490 g/mol. The molecule has 4 rings (SSSR count). The standard InChI is InChI=1S/C28H35N5O3/c1-17(2)14-25(36-21-9-7-19-11-12-31-26(30)22(19)16-21)27(34)32-20-8-10-24(18(3)15-20)33-13-5-6-23(29)28(33)35-4/h7-12,15-17,25,28-29H,5-6,13-14H2,1-4H3,(H2,30,31)(H,32,34). The Balaban J connectivity index is 1.51. The van der Waals surface area contributed by atoms with Gasteiger partial charge in [0.25, 0.3) is 5.91 Å². The Hall–Kier alpha value is -3.65. The lowest BCUT2D eigenvalue weighted by Crippen LogP contribution is -2.47. The summed E-state index contributed by atoms with van der Waals surface area (Å²) < 4.78 is 11.8. The molecule has 0 saturated carbocycles. The molecule has 1 aliphatic rings. The monoisotopic (exact) mass is 489 g/mol. The fourth-order valence-electron chi connectivity index (χ4n) is 4.71. The molecule has 8 nitrogen and oxygen atoms in total. The maximum atomic E-state index is 13.3. The molecule has 36 heavy (non-hydrogen) atoms. The van der Waals surface area contributed by atoms with Crippen LogP contribution in [0.3, 0.4) is 0 Å². The van der Waals surface area contributed by atoms with Crippen molar-refractivity contribution in [1.82, 2.24) is 4.98 Å². The van der Waals surface area contributed by atoms with E-state index in [9.17, 15) is 4.79 Å². The van der Waals surface area contributed by atoms with E-state index in [2.05, 4.69) is 29.0 Å². The van der Waals surface area contributed by atoms with Gasteiger partial charge in [0.05, 0.1) is 5.71 Å². The molecule has 2 aromatic carbocycles.